The maximum absolute atomic E-state index is 13.9. The van der Waals surface area contributed by atoms with Crippen LogP contribution < -0.4 is 5.32 Å². The van der Waals surface area contributed by atoms with Crippen molar-refractivity contribution in [2.75, 3.05) is 6.54 Å². The summed E-state index contributed by atoms with van der Waals surface area (Å²) < 4.78 is 40.7. The molecule has 20 heavy (non-hydrogen) atoms. The molecule has 1 N–H and O–H groups in total. The molecule has 106 valence electrons. The van der Waals surface area contributed by atoms with Gasteiger partial charge in [0.05, 0.1) is 4.90 Å². The number of rotatable bonds is 5. The number of hydrogen-bond donors (Lipinski definition) is 1. The van der Waals surface area contributed by atoms with Crippen molar-refractivity contribution < 1.29 is 13.2 Å². The Labute approximate surface area is 120 Å². The van der Waals surface area contributed by atoms with Gasteiger partial charge in [0.25, 0.3) is 0 Å². The molecule has 0 aromatic heterocycles. The summed E-state index contributed by atoms with van der Waals surface area (Å²) in [5.74, 6) is -1.59. The maximum atomic E-state index is 13.9. The molecule has 1 nitrogen and oxygen atoms in total. The molecule has 2 aromatic rings. The summed E-state index contributed by atoms with van der Waals surface area (Å²) >= 11 is 0.945. The molecule has 0 bridgehead atoms. The van der Waals surface area contributed by atoms with E-state index < -0.39 is 11.6 Å². The average molecular weight is 297 g/mol. The molecule has 0 spiro atoms. The van der Waals surface area contributed by atoms with E-state index in [4.69, 9.17) is 0 Å². The van der Waals surface area contributed by atoms with E-state index in [1.807, 2.05) is 6.92 Å². The van der Waals surface area contributed by atoms with E-state index in [1.165, 1.54) is 36.4 Å². The Morgan fingerprint density at radius 1 is 1.00 bits per heavy atom. The fourth-order valence-corrected chi connectivity index (χ4v) is 2.52. The van der Waals surface area contributed by atoms with Gasteiger partial charge in [-0.15, -0.1) is 0 Å². The molecule has 0 amide bonds. The van der Waals surface area contributed by atoms with Crippen molar-refractivity contribution in [3.8, 4) is 0 Å². The molecular weight excluding hydrogens is 283 g/mol. The lowest BCUT2D eigenvalue weighted by Crippen LogP contribution is -2.12. The predicted molar refractivity (Wildman–Crippen MR) is 74.3 cm³/mol. The highest BCUT2D eigenvalue weighted by atomic mass is 32.2. The first-order valence-corrected chi connectivity index (χ1v) is 7.04. The highest BCUT2D eigenvalue weighted by molar-refractivity contribution is 7.99. The molecule has 0 aliphatic rings. The van der Waals surface area contributed by atoms with Crippen LogP contribution in [0.15, 0.2) is 46.2 Å². The summed E-state index contributed by atoms with van der Waals surface area (Å²) in [6.45, 7) is 3.08. The van der Waals surface area contributed by atoms with Crippen molar-refractivity contribution in [3.05, 3.63) is 59.4 Å². The van der Waals surface area contributed by atoms with E-state index in [0.717, 1.165) is 18.3 Å². The van der Waals surface area contributed by atoms with Gasteiger partial charge in [-0.3, -0.25) is 0 Å². The van der Waals surface area contributed by atoms with Crippen LogP contribution in [0.1, 0.15) is 12.5 Å². The third kappa shape index (κ3) is 3.77. The lowest BCUT2D eigenvalue weighted by molar-refractivity contribution is 0.535. The maximum Gasteiger partial charge on any atom is 0.140 e. The second-order valence-corrected chi connectivity index (χ2v) is 5.31. The van der Waals surface area contributed by atoms with Gasteiger partial charge in [-0.2, -0.15) is 0 Å². The molecular formula is C15H14F3NS. The van der Waals surface area contributed by atoms with Gasteiger partial charge in [-0.25, -0.2) is 13.2 Å². The Kier molecular flexibility index (Phi) is 5.09. The molecule has 0 atom stereocenters. The van der Waals surface area contributed by atoms with E-state index in [-0.39, 0.29) is 10.7 Å². The zero-order valence-electron chi connectivity index (χ0n) is 10.9. The van der Waals surface area contributed by atoms with Crippen molar-refractivity contribution in [1.29, 1.82) is 0 Å². The second kappa shape index (κ2) is 6.81. The molecule has 0 unspecified atom stereocenters. The number of benzene rings is 2. The standard InChI is InChI=1S/C15H14F3NS/c1-2-19-9-10-7-13(17)15(14(18)8-10)20-12-5-3-11(16)4-6-12/h3-8,19H,2,9H2,1H3. The third-order valence-electron chi connectivity index (χ3n) is 2.67. The number of halogens is 3. The SMILES string of the molecule is CCNCc1cc(F)c(Sc2ccc(F)cc2)c(F)c1. The minimum absolute atomic E-state index is 0.0724. The van der Waals surface area contributed by atoms with E-state index in [1.54, 1.807) is 0 Å². The topological polar surface area (TPSA) is 12.0 Å². The van der Waals surface area contributed by atoms with E-state index in [9.17, 15) is 13.2 Å². The first-order valence-electron chi connectivity index (χ1n) is 6.22. The Balaban J connectivity index is 2.21. The molecule has 0 saturated heterocycles. The first kappa shape index (κ1) is 14.9. The van der Waals surface area contributed by atoms with Gasteiger partial charge in [-0.1, -0.05) is 18.7 Å². The largest absolute Gasteiger partial charge is 0.313 e. The predicted octanol–water partition coefficient (Wildman–Crippen LogP) is 4.36. The van der Waals surface area contributed by atoms with Gasteiger partial charge in [0.15, 0.2) is 0 Å². The number of nitrogens with one attached hydrogen (secondary N) is 1. The molecule has 2 rings (SSSR count). The van der Waals surface area contributed by atoms with E-state index in [2.05, 4.69) is 5.32 Å². The first-order chi connectivity index (χ1) is 9.60. The molecule has 0 saturated carbocycles. The Bertz CT molecular complexity index is 561. The third-order valence-corrected chi connectivity index (χ3v) is 3.77. The number of hydrogen-bond acceptors (Lipinski definition) is 2. The van der Waals surface area contributed by atoms with Gasteiger partial charge < -0.3 is 5.32 Å². The lowest BCUT2D eigenvalue weighted by Gasteiger charge is -2.08. The fourth-order valence-electron chi connectivity index (χ4n) is 1.70. The van der Waals surface area contributed by atoms with E-state index >= 15 is 0 Å². The summed E-state index contributed by atoms with van der Waals surface area (Å²) in [7, 11) is 0. The van der Waals surface area contributed by atoms with Crippen LogP contribution >= 0.6 is 11.8 Å². The van der Waals surface area contributed by atoms with Gasteiger partial charge in [0.2, 0.25) is 0 Å². The van der Waals surface area contributed by atoms with Crippen LogP contribution in [0.2, 0.25) is 0 Å². The summed E-state index contributed by atoms with van der Waals surface area (Å²) in [5.41, 5.74) is 0.560. The Morgan fingerprint density at radius 2 is 1.60 bits per heavy atom. The van der Waals surface area contributed by atoms with Crippen LogP contribution in [0.3, 0.4) is 0 Å². The van der Waals surface area contributed by atoms with Crippen LogP contribution in [0.4, 0.5) is 13.2 Å². The molecule has 5 heteroatoms. The van der Waals surface area contributed by atoms with Crippen LogP contribution in [0.25, 0.3) is 0 Å². The Morgan fingerprint density at radius 3 is 2.15 bits per heavy atom. The molecule has 0 fully saturated rings. The van der Waals surface area contributed by atoms with E-state index in [0.29, 0.717) is 17.0 Å². The highest BCUT2D eigenvalue weighted by Crippen LogP contribution is 2.32. The summed E-state index contributed by atoms with van der Waals surface area (Å²) in [6.07, 6.45) is 0. The van der Waals surface area contributed by atoms with Crippen LogP contribution in [0, 0.1) is 17.5 Å². The molecule has 2 aromatic carbocycles. The lowest BCUT2D eigenvalue weighted by atomic mass is 10.2. The quantitative estimate of drug-likeness (QED) is 0.880. The summed E-state index contributed by atoms with van der Waals surface area (Å²) in [4.78, 5) is 0.514. The average Bonchev–Trinajstić information content (AvgIpc) is 2.42. The minimum Gasteiger partial charge on any atom is -0.313 e. The van der Waals surface area contributed by atoms with Crippen molar-refractivity contribution in [1.82, 2.24) is 5.32 Å². The monoisotopic (exact) mass is 297 g/mol. The molecule has 0 radical (unpaired) electrons. The zero-order chi connectivity index (χ0) is 14.5. The Hall–Kier alpha value is -1.46. The molecule has 0 aliphatic carbocycles. The van der Waals surface area contributed by atoms with Gasteiger partial charge in [0.1, 0.15) is 17.5 Å². The molecule has 0 aliphatic heterocycles. The van der Waals surface area contributed by atoms with Crippen LogP contribution in [0.5, 0.6) is 0 Å². The van der Waals surface area contributed by atoms with Crippen LogP contribution in [-0.2, 0) is 6.54 Å². The minimum atomic E-state index is -0.604. The van der Waals surface area contributed by atoms with Gasteiger partial charge >= 0.3 is 0 Å². The smallest absolute Gasteiger partial charge is 0.140 e. The van der Waals surface area contributed by atoms with Gasteiger partial charge in [0, 0.05) is 11.4 Å². The zero-order valence-corrected chi connectivity index (χ0v) is 11.7. The summed E-state index contributed by atoms with van der Waals surface area (Å²) in [5, 5.41) is 3.01. The van der Waals surface area contributed by atoms with Gasteiger partial charge in [-0.05, 0) is 48.5 Å². The highest BCUT2D eigenvalue weighted by Gasteiger charge is 2.12. The fraction of sp³-hybridized carbons (Fsp3) is 0.200. The second-order valence-electron chi connectivity index (χ2n) is 4.22. The van der Waals surface area contributed by atoms with Crippen molar-refractivity contribution in [3.63, 3.8) is 0 Å². The normalized spacial score (nSPS) is 10.8. The van der Waals surface area contributed by atoms with Crippen molar-refractivity contribution >= 4 is 11.8 Å². The van der Waals surface area contributed by atoms with Crippen molar-refractivity contribution in [2.24, 2.45) is 0 Å². The molecule has 0 heterocycles. The van der Waals surface area contributed by atoms with Crippen LogP contribution in [-0.4, -0.2) is 6.54 Å². The van der Waals surface area contributed by atoms with Crippen molar-refractivity contribution in [2.45, 2.75) is 23.3 Å². The summed E-state index contributed by atoms with van der Waals surface area (Å²) in [6, 6.07) is 8.14.